The SMILES string of the molecule is CN=C(NCCCOCCOC)NCc1ccnc(Oc2ccc(C)c(C)c2)c1.I. The molecule has 2 rings (SSSR count). The second-order valence-electron chi connectivity index (χ2n) is 6.66. The molecule has 2 aromatic rings. The van der Waals surface area contributed by atoms with Gasteiger partial charge in [-0.2, -0.15) is 0 Å². The lowest BCUT2D eigenvalue weighted by atomic mass is 10.1. The molecule has 0 saturated heterocycles. The van der Waals surface area contributed by atoms with Crippen molar-refractivity contribution in [3.63, 3.8) is 0 Å². The van der Waals surface area contributed by atoms with E-state index < -0.39 is 0 Å². The van der Waals surface area contributed by atoms with Gasteiger partial charge >= 0.3 is 0 Å². The summed E-state index contributed by atoms with van der Waals surface area (Å²) in [5.74, 6) is 2.11. The number of halogens is 1. The number of nitrogens with one attached hydrogen (secondary N) is 2. The molecular weight excluding hydrogens is 495 g/mol. The molecule has 0 fully saturated rings. The first-order valence-electron chi connectivity index (χ1n) is 9.83. The van der Waals surface area contributed by atoms with Gasteiger partial charge in [0.25, 0.3) is 0 Å². The van der Waals surface area contributed by atoms with Crippen LogP contribution in [0, 0.1) is 13.8 Å². The molecule has 2 N–H and O–H groups in total. The number of ether oxygens (including phenoxy) is 3. The van der Waals surface area contributed by atoms with Gasteiger partial charge in [0.1, 0.15) is 5.75 Å². The van der Waals surface area contributed by atoms with E-state index in [1.165, 1.54) is 11.1 Å². The van der Waals surface area contributed by atoms with Crippen LogP contribution in [0.3, 0.4) is 0 Å². The number of hydrogen-bond acceptors (Lipinski definition) is 5. The zero-order valence-electron chi connectivity index (χ0n) is 18.2. The van der Waals surface area contributed by atoms with Crippen LogP contribution in [0.25, 0.3) is 0 Å². The molecule has 30 heavy (non-hydrogen) atoms. The van der Waals surface area contributed by atoms with Gasteiger partial charge in [0, 0.05) is 46.1 Å². The maximum absolute atomic E-state index is 5.90. The second kappa shape index (κ2) is 15.0. The number of methoxy groups -OCH3 is 1. The lowest BCUT2D eigenvalue weighted by Crippen LogP contribution is -2.37. The summed E-state index contributed by atoms with van der Waals surface area (Å²) >= 11 is 0. The Bertz CT molecular complexity index is 787. The summed E-state index contributed by atoms with van der Waals surface area (Å²) in [6, 6.07) is 9.91. The van der Waals surface area contributed by atoms with Crippen molar-refractivity contribution < 1.29 is 14.2 Å². The third-order valence-electron chi connectivity index (χ3n) is 4.37. The lowest BCUT2D eigenvalue weighted by molar-refractivity contribution is 0.0698. The highest BCUT2D eigenvalue weighted by Gasteiger charge is 2.04. The summed E-state index contributed by atoms with van der Waals surface area (Å²) in [5.41, 5.74) is 3.49. The third-order valence-corrected chi connectivity index (χ3v) is 4.37. The van der Waals surface area contributed by atoms with Crippen molar-refractivity contribution in [1.29, 1.82) is 0 Å². The fourth-order valence-corrected chi connectivity index (χ4v) is 2.55. The average molecular weight is 528 g/mol. The minimum absolute atomic E-state index is 0. The van der Waals surface area contributed by atoms with Crippen molar-refractivity contribution in [1.82, 2.24) is 15.6 Å². The van der Waals surface area contributed by atoms with E-state index in [4.69, 9.17) is 14.2 Å². The van der Waals surface area contributed by atoms with Gasteiger partial charge in [-0.25, -0.2) is 4.98 Å². The van der Waals surface area contributed by atoms with Gasteiger partial charge in [0.05, 0.1) is 13.2 Å². The number of nitrogens with zero attached hydrogens (tertiary/aromatic N) is 2. The average Bonchev–Trinajstić information content (AvgIpc) is 2.72. The first-order chi connectivity index (χ1) is 14.1. The summed E-state index contributed by atoms with van der Waals surface area (Å²) in [6.07, 6.45) is 2.65. The van der Waals surface area contributed by atoms with Crippen LogP contribution in [0.4, 0.5) is 0 Å². The van der Waals surface area contributed by atoms with Crippen LogP contribution < -0.4 is 15.4 Å². The Morgan fingerprint density at radius 1 is 1.03 bits per heavy atom. The van der Waals surface area contributed by atoms with Crippen LogP contribution >= 0.6 is 24.0 Å². The molecule has 0 spiro atoms. The fourth-order valence-electron chi connectivity index (χ4n) is 2.55. The molecule has 8 heteroatoms. The van der Waals surface area contributed by atoms with Crippen molar-refractivity contribution in [3.8, 4) is 11.6 Å². The van der Waals surface area contributed by atoms with Gasteiger partial charge in [-0.1, -0.05) is 6.07 Å². The van der Waals surface area contributed by atoms with E-state index >= 15 is 0 Å². The molecule has 1 aromatic heterocycles. The molecular formula is C22H33IN4O3. The van der Waals surface area contributed by atoms with E-state index in [1.807, 2.05) is 30.3 Å². The van der Waals surface area contributed by atoms with E-state index in [2.05, 4.69) is 34.5 Å². The minimum atomic E-state index is 0. The van der Waals surface area contributed by atoms with Gasteiger partial charge in [-0.05, 0) is 55.2 Å². The summed E-state index contributed by atoms with van der Waals surface area (Å²) < 4.78 is 16.3. The van der Waals surface area contributed by atoms with E-state index in [-0.39, 0.29) is 24.0 Å². The van der Waals surface area contributed by atoms with E-state index in [0.717, 1.165) is 30.2 Å². The Morgan fingerprint density at radius 3 is 2.60 bits per heavy atom. The van der Waals surface area contributed by atoms with Crippen molar-refractivity contribution in [3.05, 3.63) is 53.2 Å². The van der Waals surface area contributed by atoms with E-state index in [9.17, 15) is 0 Å². The summed E-state index contributed by atoms with van der Waals surface area (Å²) in [4.78, 5) is 8.55. The zero-order valence-corrected chi connectivity index (χ0v) is 20.6. The quantitative estimate of drug-likeness (QED) is 0.200. The minimum Gasteiger partial charge on any atom is -0.439 e. The molecule has 0 bridgehead atoms. The molecule has 0 aliphatic rings. The monoisotopic (exact) mass is 528 g/mol. The molecule has 0 unspecified atom stereocenters. The van der Waals surface area contributed by atoms with Crippen LogP contribution in [-0.4, -0.2) is 51.5 Å². The third kappa shape index (κ3) is 9.73. The molecule has 166 valence electrons. The lowest BCUT2D eigenvalue weighted by Gasteiger charge is -2.13. The van der Waals surface area contributed by atoms with Crippen molar-refractivity contribution in [2.75, 3.05) is 40.5 Å². The Balaban J connectivity index is 0.00000450. The van der Waals surface area contributed by atoms with Crippen LogP contribution in [0.15, 0.2) is 41.5 Å². The Hall–Kier alpha value is -1.91. The number of guanidine groups is 1. The highest BCUT2D eigenvalue weighted by Crippen LogP contribution is 2.22. The summed E-state index contributed by atoms with van der Waals surface area (Å²) in [7, 11) is 3.42. The van der Waals surface area contributed by atoms with Crippen LogP contribution in [0.1, 0.15) is 23.1 Å². The standard InChI is InChI=1S/C22H32N4O3.HI/c1-17-6-7-20(14-18(17)2)29-21-15-19(8-10-24-21)16-26-22(23-3)25-9-5-11-28-13-12-27-4;/h6-8,10,14-15H,5,9,11-13,16H2,1-4H3,(H2,23,25,26);1H. The molecule has 0 aliphatic heterocycles. The number of hydrogen-bond donors (Lipinski definition) is 2. The van der Waals surface area contributed by atoms with Crippen LogP contribution in [0.2, 0.25) is 0 Å². The topological polar surface area (TPSA) is 77.0 Å². The largest absolute Gasteiger partial charge is 0.439 e. The molecule has 1 heterocycles. The van der Waals surface area contributed by atoms with Crippen molar-refractivity contribution in [2.45, 2.75) is 26.8 Å². The highest BCUT2D eigenvalue weighted by molar-refractivity contribution is 14.0. The maximum Gasteiger partial charge on any atom is 0.219 e. The normalized spacial score (nSPS) is 11.0. The fraction of sp³-hybridized carbons (Fsp3) is 0.455. The molecule has 1 aromatic carbocycles. The number of aromatic nitrogens is 1. The Morgan fingerprint density at radius 2 is 1.87 bits per heavy atom. The first-order valence-corrected chi connectivity index (χ1v) is 9.83. The predicted octanol–water partition coefficient (Wildman–Crippen LogP) is 3.83. The summed E-state index contributed by atoms with van der Waals surface area (Å²) in [6.45, 7) is 7.49. The number of aryl methyl sites for hydroxylation is 2. The highest BCUT2D eigenvalue weighted by atomic mass is 127. The molecule has 0 atom stereocenters. The molecule has 0 aliphatic carbocycles. The summed E-state index contributed by atoms with van der Waals surface area (Å²) in [5, 5.41) is 6.58. The van der Waals surface area contributed by atoms with Crippen molar-refractivity contribution >= 4 is 29.9 Å². The second-order valence-corrected chi connectivity index (χ2v) is 6.66. The number of aliphatic imine (C=N–C) groups is 1. The Labute approximate surface area is 196 Å². The van der Waals surface area contributed by atoms with Gasteiger partial charge in [0.15, 0.2) is 5.96 Å². The number of rotatable bonds is 11. The van der Waals surface area contributed by atoms with Gasteiger partial charge < -0.3 is 24.8 Å². The van der Waals surface area contributed by atoms with Gasteiger partial charge in [0.2, 0.25) is 5.88 Å². The van der Waals surface area contributed by atoms with Gasteiger partial charge in [-0.15, -0.1) is 24.0 Å². The maximum atomic E-state index is 5.90. The van der Waals surface area contributed by atoms with Crippen LogP contribution in [0.5, 0.6) is 11.6 Å². The first kappa shape index (κ1) is 26.1. The molecule has 7 nitrogen and oxygen atoms in total. The number of benzene rings is 1. The molecule has 0 saturated carbocycles. The number of pyridine rings is 1. The molecule has 0 radical (unpaired) electrons. The predicted molar refractivity (Wildman–Crippen MR) is 131 cm³/mol. The van der Waals surface area contributed by atoms with E-state index in [1.54, 1.807) is 20.4 Å². The van der Waals surface area contributed by atoms with Gasteiger partial charge in [-0.3, -0.25) is 4.99 Å². The molecule has 0 amide bonds. The van der Waals surface area contributed by atoms with E-state index in [0.29, 0.717) is 32.2 Å². The smallest absolute Gasteiger partial charge is 0.219 e. The van der Waals surface area contributed by atoms with Crippen molar-refractivity contribution in [2.24, 2.45) is 4.99 Å². The Kier molecular flexibility index (Phi) is 13.0. The zero-order chi connectivity index (χ0) is 20.9. The van der Waals surface area contributed by atoms with Crippen LogP contribution in [-0.2, 0) is 16.0 Å².